The van der Waals surface area contributed by atoms with Gasteiger partial charge in [-0.1, -0.05) is 43.0 Å². The van der Waals surface area contributed by atoms with Crippen molar-refractivity contribution in [1.29, 1.82) is 0 Å². The van der Waals surface area contributed by atoms with Crippen LogP contribution in [0.25, 0.3) is 0 Å². The van der Waals surface area contributed by atoms with Crippen molar-refractivity contribution in [3.63, 3.8) is 0 Å². The van der Waals surface area contributed by atoms with Gasteiger partial charge in [0.25, 0.3) is 0 Å². The number of likely N-dealkylation sites (N-methyl/N-ethyl adjacent to an activating group) is 1. The standard InChI is InChI=1S/C16H22NO.ClH/c1-5-10-15(17(3,4)13-6-2)16(18)14-11-8-7-9-12-14;/h5-9,11-12,15H,1-2,10,13H2,3-4H3;1H/q+1;/p-1. The molecule has 0 saturated carbocycles. The summed E-state index contributed by atoms with van der Waals surface area (Å²) in [6.45, 7) is 8.29. The van der Waals surface area contributed by atoms with E-state index in [9.17, 15) is 4.79 Å². The highest BCUT2D eigenvalue weighted by Gasteiger charge is 2.33. The molecule has 0 N–H and O–H groups in total. The van der Waals surface area contributed by atoms with Gasteiger partial charge in [-0.05, 0) is 6.08 Å². The van der Waals surface area contributed by atoms with Crippen LogP contribution in [0.3, 0.4) is 0 Å². The highest BCUT2D eigenvalue weighted by atomic mass is 35.5. The number of carbonyl (C=O) groups is 1. The second kappa shape index (κ2) is 7.93. The first-order valence-corrected chi connectivity index (χ1v) is 6.16. The highest BCUT2D eigenvalue weighted by Crippen LogP contribution is 2.17. The molecule has 0 bridgehead atoms. The van der Waals surface area contributed by atoms with Crippen LogP contribution in [0.1, 0.15) is 16.8 Å². The Kier molecular flexibility index (Phi) is 7.35. The largest absolute Gasteiger partial charge is 1.00 e. The van der Waals surface area contributed by atoms with Gasteiger partial charge in [-0.25, -0.2) is 0 Å². The summed E-state index contributed by atoms with van der Waals surface area (Å²) in [6.07, 6.45) is 4.34. The van der Waals surface area contributed by atoms with Crippen LogP contribution >= 0.6 is 0 Å². The Morgan fingerprint density at radius 2 is 1.79 bits per heavy atom. The minimum Gasteiger partial charge on any atom is -1.00 e. The van der Waals surface area contributed by atoms with Gasteiger partial charge in [-0.2, -0.15) is 0 Å². The molecule has 0 fully saturated rings. The average molecular weight is 280 g/mol. The normalized spacial score (nSPS) is 12.1. The van der Waals surface area contributed by atoms with E-state index >= 15 is 0 Å². The third kappa shape index (κ3) is 4.66. The number of hydrogen-bond acceptors (Lipinski definition) is 1. The lowest BCUT2D eigenvalue weighted by atomic mass is 9.98. The van der Waals surface area contributed by atoms with Crippen LogP contribution in [0.2, 0.25) is 0 Å². The number of Topliss-reactive ketones (excluding diaryl/α,β-unsaturated/α-hetero) is 1. The Morgan fingerprint density at radius 3 is 2.26 bits per heavy atom. The van der Waals surface area contributed by atoms with Crippen LogP contribution in [-0.2, 0) is 0 Å². The van der Waals surface area contributed by atoms with Gasteiger partial charge in [0.05, 0.1) is 20.6 Å². The van der Waals surface area contributed by atoms with Crippen LogP contribution in [-0.4, -0.2) is 36.9 Å². The van der Waals surface area contributed by atoms with Gasteiger partial charge in [0, 0.05) is 12.0 Å². The molecule has 0 aliphatic carbocycles. The first-order chi connectivity index (χ1) is 8.53. The van der Waals surface area contributed by atoms with E-state index in [4.69, 9.17) is 0 Å². The first kappa shape index (κ1) is 17.6. The van der Waals surface area contributed by atoms with E-state index in [1.165, 1.54) is 0 Å². The summed E-state index contributed by atoms with van der Waals surface area (Å²) in [6, 6.07) is 9.34. The average Bonchev–Trinajstić information content (AvgIpc) is 2.36. The number of carbonyl (C=O) groups excluding carboxylic acids is 1. The molecule has 0 heterocycles. The van der Waals surface area contributed by atoms with Crippen molar-refractivity contribution in [2.75, 3.05) is 20.6 Å². The molecule has 0 amide bonds. The van der Waals surface area contributed by atoms with Crippen molar-refractivity contribution in [3.05, 3.63) is 61.2 Å². The number of ketones is 1. The van der Waals surface area contributed by atoms with Crippen LogP contribution in [0, 0.1) is 0 Å². The minimum absolute atomic E-state index is 0. The SMILES string of the molecule is C=CCC(C(=O)c1ccccc1)[N+](C)(C)CC=C.[Cl-]. The van der Waals surface area contributed by atoms with E-state index in [-0.39, 0.29) is 24.2 Å². The maximum atomic E-state index is 12.6. The van der Waals surface area contributed by atoms with Gasteiger partial charge >= 0.3 is 0 Å². The summed E-state index contributed by atoms with van der Waals surface area (Å²) in [5, 5.41) is 0. The lowest BCUT2D eigenvalue weighted by molar-refractivity contribution is -0.899. The number of halogens is 1. The maximum absolute atomic E-state index is 12.6. The predicted octanol–water partition coefficient (Wildman–Crippen LogP) is 0.0804. The topological polar surface area (TPSA) is 17.1 Å². The van der Waals surface area contributed by atoms with Crippen molar-refractivity contribution >= 4 is 5.78 Å². The van der Waals surface area contributed by atoms with Gasteiger partial charge in [-0.3, -0.25) is 4.79 Å². The van der Waals surface area contributed by atoms with E-state index in [0.717, 1.165) is 12.1 Å². The molecule has 1 aromatic rings. The molecule has 19 heavy (non-hydrogen) atoms. The number of benzene rings is 1. The van der Waals surface area contributed by atoms with Gasteiger partial charge < -0.3 is 16.9 Å². The molecule has 0 saturated heterocycles. The van der Waals surface area contributed by atoms with E-state index in [2.05, 4.69) is 27.3 Å². The molecular formula is C16H22ClNO. The molecule has 0 aliphatic heterocycles. The third-order valence-corrected chi connectivity index (χ3v) is 3.19. The van der Waals surface area contributed by atoms with E-state index in [1.807, 2.05) is 42.5 Å². The zero-order valence-electron chi connectivity index (χ0n) is 11.7. The highest BCUT2D eigenvalue weighted by molar-refractivity contribution is 5.99. The zero-order valence-corrected chi connectivity index (χ0v) is 12.4. The van der Waals surface area contributed by atoms with E-state index in [1.54, 1.807) is 0 Å². The van der Waals surface area contributed by atoms with Crippen molar-refractivity contribution in [2.45, 2.75) is 12.5 Å². The predicted molar refractivity (Wildman–Crippen MR) is 76.5 cm³/mol. The molecule has 0 aliphatic rings. The molecule has 0 spiro atoms. The molecular weight excluding hydrogens is 258 g/mol. The van der Waals surface area contributed by atoms with Crippen molar-refractivity contribution in [3.8, 4) is 0 Å². The molecule has 104 valence electrons. The van der Waals surface area contributed by atoms with Crippen molar-refractivity contribution in [2.24, 2.45) is 0 Å². The van der Waals surface area contributed by atoms with E-state index in [0.29, 0.717) is 10.9 Å². The lowest BCUT2D eigenvalue weighted by Crippen LogP contribution is -3.00. The Balaban J connectivity index is 0.00000324. The fraction of sp³-hybridized carbons (Fsp3) is 0.312. The quantitative estimate of drug-likeness (QED) is 0.393. The summed E-state index contributed by atoms with van der Waals surface area (Å²) in [5.74, 6) is 0.169. The molecule has 1 unspecified atom stereocenters. The summed E-state index contributed by atoms with van der Waals surface area (Å²) >= 11 is 0. The fourth-order valence-corrected chi connectivity index (χ4v) is 2.12. The Morgan fingerprint density at radius 1 is 1.21 bits per heavy atom. The van der Waals surface area contributed by atoms with Gasteiger partial charge in [-0.15, -0.1) is 6.58 Å². The number of quaternary nitrogens is 1. The minimum atomic E-state index is -0.108. The first-order valence-electron chi connectivity index (χ1n) is 6.16. The third-order valence-electron chi connectivity index (χ3n) is 3.19. The maximum Gasteiger partial charge on any atom is 0.220 e. The molecule has 1 atom stereocenters. The second-order valence-electron chi connectivity index (χ2n) is 5.02. The summed E-state index contributed by atoms with van der Waals surface area (Å²) in [4.78, 5) is 12.6. The fourth-order valence-electron chi connectivity index (χ4n) is 2.12. The van der Waals surface area contributed by atoms with Crippen LogP contribution in [0.4, 0.5) is 0 Å². The molecule has 0 aromatic heterocycles. The number of hydrogen-bond donors (Lipinski definition) is 0. The van der Waals surface area contributed by atoms with Crippen LogP contribution < -0.4 is 12.4 Å². The lowest BCUT2D eigenvalue weighted by Gasteiger charge is -2.35. The van der Waals surface area contributed by atoms with Gasteiger partial charge in [0.1, 0.15) is 0 Å². The number of rotatable bonds is 7. The second-order valence-corrected chi connectivity index (χ2v) is 5.02. The van der Waals surface area contributed by atoms with Crippen molar-refractivity contribution < 1.29 is 21.7 Å². The molecule has 1 rings (SSSR count). The summed E-state index contributed by atoms with van der Waals surface area (Å²) in [5.41, 5.74) is 0.764. The monoisotopic (exact) mass is 279 g/mol. The molecule has 0 radical (unpaired) electrons. The Labute approximate surface area is 122 Å². The van der Waals surface area contributed by atoms with E-state index < -0.39 is 0 Å². The molecule has 2 nitrogen and oxygen atoms in total. The Hall–Kier alpha value is -1.38. The van der Waals surface area contributed by atoms with Crippen LogP contribution in [0.15, 0.2) is 55.6 Å². The Bertz CT molecular complexity index is 426. The molecule has 1 aromatic carbocycles. The molecule has 3 heteroatoms. The van der Waals surface area contributed by atoms with Gasteiger partial charge in [0.2, 0.25) is 5.78 Å². The summed E-state index contributed by atoms with van der Waals surface area (Å²) < 4.78 is 0.600. The summed E-state index contributed by atoms with van der Waals surface area (Å²) in [7, 11) is 4.10. The zero-order chi connectivity index (χ0) is 13.6. The number of nitrogens with zero attached hydrogens (tertiary/aromatic N) is 1. The van der Waals surface area contributed by atoms with Crippen molar-refractivity contribution in [1.82, 2.24) is 0 Å². The van der Waals surface area contributed by atoms with Gasteiger partial charge in [0.15, 0.2) is 6.04 Å². The van der Waals surface area contributed by atoms with Crippen LogP contribution in [0.5, 0.6) is 0 Å². The smallest absolute Gasteiger partial charge is 0.220 e.